The summed E-state index contributed by atoms with van der Waals surface area (Å²) in [5.41, 5.74) is 4.69. The van der Waals surface area contributed by atoms with E-state index in [1.165, 1.54) is 0 Å². The van der Waals surface area contributed by atoms with Crippen molar-refractivity contribution in [2.45, 2.75) is 58.5 Å². The highest BCUT2D eigenvalue weighted by Gasteiger charge is 2.26. The van der Waals surface area contributed by atoms with E-state index in [2.05, 4.69) is 0 Å². The van der Waals surface area contributed by atoms with Crippen LogP contribution in [0.15, 0.2) is 0 Å². The minimum absolute atomic E-state index is 0.219. The summed E-state index contributed by atoms with van der Waals surface area (Å²) in [5, 5.41) is 0. The molecule has 5 heteroatoms. The number of likely N-dealkylation sites (tertiary alicyclic amines) is 1. The number of rotatable bonds is 4. The number of nitrogens with two attached hydrogens (primary N) is 1. The molecule has 0 aromatic rings. The van der Waals surface area contributed by atoms with Crippen LogP contribution in [0.5, 0.6) is 0 Å². The van der Waals surface area contributed by atoms with E-state index in [0.29, 0.717) is 12.3 Å². The van der Waals surface area contributed by atoms with Crippen molar-refractivity contribution in [2.24, 2.45) is 11.7 Å². The molecular formula is C14H26N2O3. The molecule has 1 heterocycles. The molecule has 2 N–H and O–H groups in total. The average Bonchev–Trinajstić information content (AvgIpc) is 2.27. The number of piperidine rings is 1. The van der Waals surface area contributed by atoms with Gasteiger partial charge in [0.05, 0.1) is 0 Å². The van der Waals surface area contributed by atoms with Crippen LogP contribution in [0, 0.1) is 5.92 Å². The van der Waals surface area contributed by atoms with Gasteiger partial charge in [0.25, 0.3) is 0 Å². The van der Waals surface area contributed by atoms with Gasteiger partial charge in [-0.15, -0.1) is 0 Å². The normalized spacial score (nSPS) is 17.3. The summed E-state index contributed by atoms with van der Waals surface area (Å²) < 4.78 is 5.35. The van der Waals surface area contributed by atoms with Crippen LogP contribution in [-0.4, -0.2) is 35.6 Å². The first-order valence-corrected chi connectivity index (χ1v) is 7.04. The van der Waals surface area contributed by atoms with Crippen molar-refractivity contribution in [3.63, 3.8) is 0 Å². The summed E-state index contributed by atoms with van der Waals surface area (Å²) in [6.07, 6.45) is 4.09. The molecule has 1 rings (SSSR count). The number of amides is 2. The van der Waals surface area contributed by atoms with Gasteiger partial charge >= 0.3 is 6.09 Å². The number of hydrogen-bond donors (Lipinski definition) is 1. The van der Waals surface area contributed by atoms with E-state index in [1.54, 1.807) is 4.90 Å². The Morgan fingerprint density at radius 3 is 2.32 bits per heavy atom. The largest absolute Gasteiger partial charge is 0.444 e. The first-order valence-electron chi connectivity index (χ1n) is 7.04. The SMILES string of the molecule is CC(C)(C)OC(=O)N1CCC(CCCC(N)=O)CC1. The zero-order valence-electron chi connectivity index (χ0n) is 12.3. The maximum atomic E-state index is 11.9. The van der Waals surface area contributed by atoms with Crippen LogP contribution >= 0.6 is 0 Å². The molecule has 1 aliphatic heterocycles. The third-order valence-electron chi connectivity index (χ3n) is 3.30. The monoisotopic (exact) mass is 270 g/mol. The van der Waals surface area contributed by atoms with Gasteiger partial charge in [-0.25, -0.2) is 4.79 Å². The summed E-state index contributed by atoms with van der Waals surface area (Å²) in [6.45, 7) is 7.12. The molecule has 0 saturated carbocycles. The number of ether oxygens (including phenoxy) is 1. The average molecular weight is 270 g/mol. The van der Waals surface area contributed by atoms with Crippen molar-refractivity contribution in [1.82, 2.24) is 4.90 Å². The zero-order valence-corrected chi connectivity index (χ0v) is 12.3. The Morgan fingerprint density at radius 1 is 1.26 bits per heavy atom. The molecule has 1 aliphatic rings. The summed E-state index contributed by atoms with van der Waals surface area (Å²) in [7, 11) is 0. The maximum Gasteiger partial charge on any atom is 0.410 e. The second-order valence-corrected chi connectivity index (χ2v) is 6.27. The molecular weight excluding hydrogens is 244 g/mol. The third kappa shape index (κ3) is 6.45. The summed E-state index contributed by atoms with van der Waals surface area (Å²) >= 11 is 0. The predicted molar refractivity (Wildman–Crippen MR) is 73.6 cm³/mol. The number of nitrogens with zero attached hydrogens (tertiary/aromatic N) is 1. The van der Waals surface area contributed by atoms with Gasteiger partial charge in [0, 0.05) is 19.5 Å². The Balaban J connectivity index is 2.25. The molecule has 1 saturated heterocycles. The molecule has 110 valence electrons. The summed E-state index contributed by atoms with van der Waals surface area (Å²) in [6, 6.07) is 0. The van der Waals surface area contributed by atoms with Gasteiger partial charge < -0.3 is 15.4 Å². The van der Waals surface area contributed by atoms with E-state index in [9.17, 15) is 9.59 Å². The smallest absolute Gasteiger partial charge is 0.410 e. The van der Waals surface area contributed by atoms with Crippen LogP contribution in [0.2, 0.25) is 0 Å². The second kappa shape index (κ2) is 6.78. The Kier molecular flexibility index (Phi) is 5.63. The van der Waals surface area contributed by atoms with Crippen molar-refractivity contribution >= 4 is 12.0 Å². The topological polar surface area (TPSA) is 72.6 Å². The molecule has 0 radical (unpaired) electrons. The van der Waals surface area contributed by atoms with Gasteiger partial charge in [-0.05, 0) is 52.4 Å². The molecule has 0 spiro atoms. The lowest BCUT2D eigenvalue weighted by molar-refractivity contribution is -0.118. The third-order valence-corrected chi connectivity index (χ3v) is 3.30. The molecule has 0 unspecified atom stereocenters. The van der Waals surface area contributed by atoms with Crippen LogP contribution in [0.1, 0.15) is 52.9 Å². The fraction of sp³-hybridized carbons (Fsp3) is 0.857. The highest BCUT2D eigenvalue weighted by atomic mass is 16.6. The van der Waals surface area contributed by atoms with Gasteiger partial charge in [-0.3, -0.25) is 4.79 Å². The van der Waals surface area contributed by atoms with E-state index in [4.69, 9.17) is 10.5 Å². The maximum absolute atomic E-state index is 11.9. The first-order chi connectivity index (χ1) is 8.78. The number of carbonyl (C=O) groups is 2. The van der Waals surface area contributed by atoms with Gasteiger partial charge in [0.2, 0.25) is 5.91 Å². The Hall–Kier alpha value is -1.26. The van der Waals surface area contributed by atoms with Crippen LogP contribution in [0.25, 0.3) is 0 Å². The van der Waals surface area contributed by atoms with E-state index in [-0.39, 0.29) is 12.0 Å². The molecule has 19 heavy (non-hydrogen) atoms. The van der Waals surface area contributed by atoms with E-state index < -0.39 is 5.60 Å². The predicted octanol–water partition coefficient (Wildman–Crippen LogP) is 2.29. The number of hydrogen-bond acceptors (Lipinski definition) is 3. The van der Waals surface area contributed by atoms with Gasteiger partial charge in [0.1, 0.15) is 5.60 Å². The molecule has 0 aromatic carbocycles. The summed E-state index contributed by atoms with van der Waals surface area (Å²) in [4.78, 5) is 24.3. The van der Waals surface area contributed by atoms with Crippen LogP contribution in [0.4, 0.5) is 4.79 Å². The Bertz CT molecular complexity index is 315. The molecule has 5 nitrogen and oxygen atoms in total. The Labute approximate surface area is 115 Å². The number of carbonyl (C=O) groups excluding carboxylic acids is 2. The second-order valence-electron chi connectivity index (χ2n) is 6.27. The molecule has 0 atom stereocenters. The van der Waals surface area contributed by atoms with Crippen molar-refractivity contribution in [3.8, 4) is 0 Å². The fourth-order valence-electron chi connectivity index (χ4n) is 2.30. The van der Waals surface area contributed by atoms with Gasteiger partial charge in [0.15, 0.2) is 0 Å². The van der Waals surface area contributed by atoms with E-state index in [0.717, 1.165) is 38.8 Å². The molecule has 1 fully saturated rings. The minimum Gasteiger partial charge on any atom is -0.444 e. The number of primary amides is 1. The molecule has 2 amide bonds. The van der Waals surface area contributed by atoms with Crippen molar-refractivity contribution in [1.29, 1.82) is 0 Å². The Morgan fingerprint density at radius 2 is 1.84 bits per heavy atom. The lowest BCUT2D eigenvalue weighted by atomic mass is 9.92. The van der Waals surface area contributed by atoms with Crippen LogP contribution in [0.3, 0.4) is 0 Å². The van der Waals surface area contributed by atoms with Crippen molar-refractivity contribution < 1.29 is 14.3 Å². The van der Waals surface area contributed by atoms with E-state index in [1.807, 2.05) is 20.8 Å². The molecule has 0 aliphatic carbocycles. The van der Waals surface area contributed by atoms with Crippen molar-refractivity contribution in [2.75, 3.05) is 13.1 Å². The molecule has 0 bridgehead atoms. The highest BCUT2D eigenvalue weighted by Crippen LogP contribution is 2.23. The first kappa shape index (κ1) is 15.8. The lowest BCUT2D eigenvalue weighted by Gasteiger charge is -2.33. The molecule has 0 aromatic heterocycles. The standard InChI is InChI=1S/C14H26N2O3/c1-14(2,3)19-13(18)16-9-7-11(8-10-16)5-4-6-12(15)17/h11H,4-10H2,1-3H3,(H2,15,17). The lowest BCUT2D eigenvalue weighted by Crippen LogP contribution is -2.41. The minimum atomic E-state index is -0.435. The van der Waals surface area contributed by atoms with E-state index >= 15 is 0 Å². The fourth-order valence-corrected chi connectivity index (χ4v) is 2.30. The van der Waals surface area contributed by atoms with Gasteiger partial charge in [-0.2, -0.15) is 0 Å². The zero-order chi connectivity index (χ0) is 14.5. The highest BCUT2D eigenvalue weighted by molar-refractivity contribution is 5.73. The summed E-state index contributed by atoms with van der Waals surface area (Å²) in [5.74, 6) is 0.365. The quantitative estimate of drug-likeness (QED) is 0.851. The van der Waals surface area contributed by atoms with Crippen LogP contribution in [-0.2, 0) is 9.53 Å². The van der Waals surface area contributed by atoms with Crippen molar-refractivity contribution in [3.05, 3.63) is 0 Å². The van der Waals surface area contributed by atoms with Crippen LogP contribution < -0.4 is 5.73 Å². The van der Waals surface area contributed by atoms with Gasteiger partial charge in [-0.1, -0.05) is 0 Å².